The van der Waals surface area contributed by atoms with E-state index in [1.165, 1.54) is 0 Å². The van der Waals surface area contributed by atoms with Crippen LogP contribution in [0, 0.1) is 11.8 Å². The van der Waals surface area contributed by atoms with Gasteiger partial charge in [-0.1, -0.05) is 30.4 Å². The van der Waals surface area contributed by atoms with Crippen molar-refractivity contribution in [1.82, 2.24) is 9.80 Å². The Labute approximate surface area is 147 Å². The minimum Gasteiger partial charge on any atom is -0.324 e. The fourth-order valence-corrected chi connectivity index (χ4v) is 3.48. The van der Waals surface area contributed by atoms with Crippen LogP contribution in [0.15, 0.2) is 36.4 Å². The summed E-state index contributed by atoms with van der Waals surface area (Å²) in [5, 5.41) is 2.84. The van der Waals surface area contributed by atoms with Gasteiger partial charge in [0.1, 0.15) is 6.54 Å². The molecule has 0 saturated carbocycles. The lowest BCUT2D eigenvalue weighted by molar-refractivity contribution is -0.142. The average molecular weight is 341 g/mol. The number of nitrogens with zero attached hydrogens (tertiary/aromatic N) is 2. The van der Waals surface area contributed by atoms with Gasteiger partial charge in [0.25, 0.3) is 0 Å². The highest BCUT2D eigenvalue weighted by atomic mass is 16.2. The Morgan fingerprint density at radius 2 is 1.72 bits per heavy atom. The summed E-state index contributed by atoms with van der Waals surface area (Å²) in [6.07, 6.45) is 5.04. The minimum atomic E-state index is -0.348. The molecule has 132 valence electrons. The molecule has 0 unspecified atom stereocenters. The van der Waals surface area contributed by atoms with E-state index < -0.39 is 0 Å². The van der Waals surface area contributed by atoms with E-state index in [2.05, 4.69) is 5.32 Å². The first kappa shape index (κ1) is 17.4. The third-order valence-corrected chi connectivity index (χ3v) is 4.68. The van der Waals surface area contributed by atoms with Gasteiger partial charge < -0.3 is 10.2 Å². The summed E-state index contributed by atoms with van der Waals surface area (Å²) in [6.45, 7) is 0.467. The van der Waals surface area contributed by atoms with Crippen molar-refractivity contribution in [2.24, 2.45) is 11.8 Å². The Bertz CT molecular complexity index is 700. The second kappa shape index (κ2) is 7.19. The van der Waals surface area contributed by atoms with E-state index in [1.807, 2.05) is 55.4 Å². The Kier molecular flexibility index (Phi) is 4.99. The summed E-state index contributed by atoms with van der Waals surface area (Å²) in [6, 6.07) is 7.54. The molecule has 2 aliphatic rings. The van der Waals surface area contributed by atoms with Crippen LogP contribution in [0.25, 0.3) is 0 Å². The zero-order valence-electron chi connectivity index (χ0n) is 14.6. The van der Waals surface area contributed by atoms with Gasteiger partial charge in [-0.05, 0) is 38.6 Å². The van der Waals surface area contributed by atoms with E-state index in [4.69, 9.17) is 0 Å². The predicted octanol–water partition coefficient (Wildman–Crippen LogP) is 1.64. The molecule has 25 heavy (non-hydrogen) atoms. The molecule has 1 aliphatic heterocycles. The Morgan fingerprint density at radius 3 is 2.32 bits per heavy atom. The van der Waals surface area contributed by atoms with Crippen LogP contribution in [0.3, 0.4) is 0 Å². The topological polar surface area (TPSA) is 69.7 Å². The van der Waals surface area contributed by atoms with Crippen molar-refractivity contribution < 1.29 is 14.4 Å². The number of likely N-dealkylation sites (tertiary alicyclic amines) is 1. The van der Waals surface area contributed by atoms with Crippen LogP contribution in [0.1, 0.15) is 18.4 Å². The highest BCUT2D eigenvalue weighted by Gasteiger charge is 2.47. The molecule has 1 aromatic rings. The van der Waals surface area contributed by atoms with Gasteiger partial charge in [-0.25, -0.2) is 0 Å². The molecule has 2 atom stereocenters. The van der Waals surface area contributed by atoms with Gasteiger partial charge in [0.2, 0.25) is 17.7 Å². The summed E-state index contributed by atoms with van der Waals surface area (Å²) >= 11 is 0. The van der Waals surface area contributed by atoms with E-state index in [-0.39, 0.29) is 36.1 Å². The van der Waals surface area contributed by atoms with Crippen LogP contribution < -0.4 is 5.32 Å². The van der Waals surface area contributed by atoms with E-state index in [0.29, 0.717) is 25.1 Å². The molecule has 3 rings (SSSR count). The van der Waals surface area contributed by atoms with Crippen molar-refractivity contribution in [1.29, 1.82) is 0 Å². The van der Waals surface area contributed by atoms with Gasteiger partial charge in [-0.3, -0.25) is 19.3 Å². The van der Waals surface area contributed by atoms with Crippen molar-refractivity contribution in [3.8, 4) is 0 Å². The number of anilines is 1. The average Bonchev–Trinajstić information content (AvgIpc) is 2.82. The maximum absolute atomic E-state index is 12.4. The number of hydrogen-bond donors (Lipinski definition) is 1. The molecule has 0 bridgehead atoms. The van der Waals surface area contributed by atoms with E-state index in [1.54, 1.807) is 0 Å². The van der Waals surface area contributed by atoms with Gasteiger partial charge in [-0.2, -0.15) is 0 Å². The lowest BCUT2D eigenvalue weighted by atomic mass is 9.85. The molecule has 6 nitrogen and oxygen atoms in total. The quantitative estimate of drug-likeness (QED) is 0.653. The molecule has 1 heterocycles. The summed E-state index contributed by atoms with van der Waals surface area (Å²) in [4.78, 5) is 40.4. The number of fused-ring (bicyclic) bond motifs is 1. The fraction of sp³-hybridized carbons (Fsp3) is 0.421. The Hall–Kier alpha value is -2.47. The number of imide groups is 1. The first-order chi connectivity index (χ1) is 12.0. The van der Waals surface area contributed by atoms with Crippen LogP contribution in [0.5, 0.6) is 0 Å². The molecule has 6 heteroatoms. The zero-order valence-corrected chi connectivity index (χ0v) is 14.6. The van der Waals surface area contributed by atoms with Crippen molar-refractivity contribution in [3.05, 3.63) is 42.0 Å². The largest absolute Gasteiger partial charge is 0.324 e. The number of carbonyl (C=O) groups excluding carboxylic acids is 3. The zero-order chi connectivity index (χ0) is 18.0. The lowest BCUT2D eigenvalue weighted by Crippen LogP contribution is -2.38. The van der Waals surface area contributed by atoms with Crippen LogP contribution >= 0.6 is 0 Å². The van der Waals surface area contributed by atoms with Gasteiger partial charge in [0, 0.05) is 12.2 Å². The van der Waals surface area contributed by atoms with E-state index in [0.717, 1.165) is 10.5 Å². The van der Waals surface area contributed by atoms with Gasteiger partial charge >= 0.3 is 0 Å². The number of benzene rings is 1. The maximum Gasteiger partial charge on any atom is 0.244 e. The number of allylic oxidation sites excluding steroid dienone is 2. The minimum absolute atomic E-state index is 0.221. The van der Waals surface area contributed by atoms with Crippen LogP contribution in [0.4, 0.5) is 5.69 Å². The number of nitrogens with one attached hydrogen (secondary N) is 1. The van der Waals surface area contributed by atoms with Crippen LogP contribution in [0.2, 0.25) is 0 Å². The second-order valence-electron chi connectivity index (χ2n) is 6.86. The van der Waals surface area contributed by atoms with Crippen molar-refractivity contribution in [2.75, 3.05) is 26.0 Å². The number of hydrogen-bond acceptors (Lipinski definition) is 4. The summed E-state index contributed by atoms with van der Waals surface area (Å²) in [7, 11) is 3.91. The number of para-hydroxylation sites is 1. The molecule has 0 aromatic heterocycles. The van der Waals surface area contributed by atoms with Crippen LogP contribution in [-0.2, 0) is 20.9 Å². The van der Waals surface area contributed by atoms with E-state index >= 15 is 0 Å². The molecule has 1 fully saturated rings. The Morgan fingerprint density at radius 1 is 1.12 bits per heavy atom. The molecule has 1 N–H and O–H groups in total. The van der Waals surface area contributed by atoms with Gasteiger partial charge in [0.15, 0.2) is 0 Å². The first-order valence-electron chi connectivity index (χ1n) is 8.50. The molecule has 0 radical (unpaired) electrons. The normalized spacial score (nSPS) is 22.4. The number of amides is 3. The molecule has 3 amide bonds. The van der Waals surface area contributed by atoms with Crippen LogP contribution in [-0.4, -0.2) is 48.2 Å². The lowest BCUT2D eigenvalue weighted by Gasteiger charge is -2.17. The SMILES string of the molecule is CN(C)Cc1ccccc1NC(=O)CN1C(=O)[C@@H]2CC=CC[C@H]2C1=O. The summed E-state index contributed by atoms with van der Waals surface area (Å²) in [5.74, 6) is -1.40. The standard InChI is InChI=1S/C19H23N3O3/c1-21(2)11-13-7-3-6-10-16(13)20-17(23)12-22-18(24)14-8-4-5-9-15(14)19(22)25/h3-7,10,14-15H,8-9,11-12H2,1-2H3,(H,20,23)/t14-,15-/m1/s1. The molecular weight excluding hydrogens is 318 g/mol. The molecular formula is C19H23N3O3. The van der Waals surface area contributed by atoms with Crippen molar-refractivity contribution in [3.63, 3.8) is 0 Å². The molecule has 1 aromatic carbocycles. The smallest absolute Gasteiger partial charge is 0.244 e. The fourth-order valence-electron chi connectivity index (χ4n) is 3.48. The molecule has 1 saturated heterocycles. The Balaban J connectivity index is 1.67. The molecule has 1 aliphatic carbocycles. The maximum atomic E-state index is 12.4. The number of carbonyl (C=O) groups is 3. The highest BCUT2D eigenvalue weighted by molar-refractivity contribution is 6.08. The number of rotatable bonds is 5. The van der Waals surface area contributed by atoms with E-state index in [9.17, 15) is 14.4 Å². The predicted molar refractivity (Wildman–Crippen MR) is 94.5 cm³/mol. The third kappa shape index (κ3) is 3.64. The highest BCUT2D eigenvalue weighted by Crippen LogP contribution is 2.34. The van der Waals surface area contributed by atoms with Crippen molar-refractivity contribution >= 4 is 23.4 Å². The third-order valence-electron chi connectivity index (χ3n) is 4.68. The molecule has 0 spiro atoms. The summed E-state index contributed by atoms with van der Waals surface area (Å²) < 4.78 is 0. The second-order valence-corrected chi connectivity index (χ2v) is 6.86. The monoisotopic (exact) mass is 341 g/mol. The van der Waals surface area contributed by atoms with Crippen molar-refractivity contribution in [2.45, 2.75) is 19.4 Å². The van der Waals surface area contributed by atoms with Gasteiger partial charge in [-0.15, -0.1) is 0 Å². The first-order valence-corrected chi connectivity index (χ1v) is 8.50. The summed E-state index contributed by atoms with van der Waals surface area (Å²) in [5.41, 5.74) is 1.69. The van der Waals surface area contributed by atoms with Gasteiger partial charge in [0.05, 0.1) is 11.8 Å².